The lowest BCUT2D eigenvalue weighted by Gasteiger charge is -1.84. The first kappa shape index (κ1) is 6.95. The number of hydrogen-bond donors (Lipinski definition) is 0. The SMILES string of the molecule is Cl.c1cn2nccc2nn1. The van der Waals surface area contributed by atoms with Gasteiger partial charge >= 0.3 is 0 Å². The van der Waals surface area contributed by atoms with E-state index in [1.807, 2.05) is 0 Å². The van der Waals surface area contributed by atoms with Crippen molar-refractivity contribution in [2.24, 2.45) is 0 Å². The molecule has 0 saturated carbocycles. The Morgan fingerprint density at radius 3 is 3.00 bits per heavy atom. The molecule has 52 valence electrons. The minimum Gasteiger partial charge on any atom is -0.219 e. The van der Waals surface area contributed by atoms with Crippen molar-refractivity contribution in [3.63, 3.8) is 0 Å². The highest BCUT2D eigenvalue weighted by Gasteiger charge is 1.88. The van der Waals surface area contributed by atoms with E-state index in [2.05, 4.69) is 15.3 Å². The lowest BCUT2D eigenvalue weighted by atomic mass is 10.7. The summed E-state index contributed by atoms with van der Waals surface area (Å²) < 4.78 is 1.66. The number of rotatable bonds is 0. The maximum absolute atomic E-state index is 3.93. The van der Waals surface area contributed by atoms with Crippen LogP contribution in [0, 0.1) is 0 Å². The summed E-state index contributed by atoms with van der Waals surface area (Å²) in [6.07, 6.45) is 5.03. The predicted molar refractivity (Wildman–Crippen MR) is 38.0 cm³/mol. The van der Waals surface area contributed by atoms with E-state index in [4.69, 9.17) is 0 Å². The van der Waals surface area contributed by atoms with Crippen molar-refractivity contribution in [1.29, 1.82) is 0 Å². The first-order valence-electron chi connectivity index (χ1n) is 2.58. The molecule has 0 unspecified atom stereocenters. The van der Waals surface area contributed by atoms with Crippen LogP contribution in [-0.2, 0) is 0 Å². The normalized spacial score (nSPS) is 9.20. The molecule has 0 aromatic carbocycles. The molecular weight excluding hydrogens is 152 g/mol. The van der Waals surface area contributed by atoms with Gasteiger partial charge in [0.25, 0.3) is 0 Å². The van der Waals surface area contributed by atoms with Gasteiger partial charge in [0, 0.05) is 6.07 Å². The van der Waals surface area contributed by atoms with Crippen LogP contribution < -0.4 is 0 Å². The maximum Gasteiger partial charge on any atom is 0.177 e. The fraction of sp³-hybridized carbons (Fsp3) is 0. The van der Waals surface area contributed by atoms with Crippen LogP contribution >= 0.6 is 12.4 Å². The van der Waals surface area contributed by atoms with E-state index >= 15 is 0 Å². The molecule has 0 aliphatic heterocycles. The van der Waals surface area contributed by atoms with Crippen molar-refractivity contribution >= 4 is 18.1 Å². The van der Waals surface area contributed by atoms with E-state index in [1.54, 1.807) is 29.2 Å². The Bertz CT molecular complexity index is 288. The molecule has 0 amide bonds. The molecule has 2 aromatic heterocycles. The summed E-state index contributed by atoms with van der Waals surface area (Å²) in [5, 5.41) is 11.4. The second kappa shape index (κ2) is 2.62. The predicted octanol–water partition coefficient (Wildman–Crippen LogP) is 0.546. The van der Waals surface area contributed by atoms with Crippen LogP contribution in [0.4, 0.5) is 0 Å². The molecule has 2 heterocycles. The van der Waals surface area contributed by atoms with Crippen molar-refractivity contribution in [3.8, 4) is 0 Å². The summed E-state index contributed by atoms with van der Waals surface area (Å²) in [6, 6.07) is 1.80. The van der Waals surface area contributed by atoms with E-state index in [-0.39, 0.29) is 12.4 Å². The van der Waals surface area contributed by atoms with Gasteiger partial charge in [0.05, 0.1) is 18.6 Å². The van der Waals surface area contributed by atoms with Crippen molar-refractivity contribution in [1.82, 2.24) is 19.8 Å². The molecule has 2 aromatic rings. The first-order chi connectivity index (χ1) is 4.47. The van der Waals surface area contributed by atoms with E-state index in [1.165, 1.54) is 0 Å². The van der Waals surface area contributed by atoms with Gasteiger partial charge in [-0.15, -0.1) is 17.5 Å². The summed E-state index contributed by atoms with van der Waals surface area (Å²) >= 11 is 0. The molecule has 0 aliphatic carbocycles. The van der Waals surface area contributed by atoms with Gasteiger partial charge in [0.2, 0.25) is 0 Å². The van der Waals surface area contributed by atoms with Crippen molar-refractivity contribution in [3.05, 3.63) is 24.7 Å². The molecule has 0 radical (unpaired) electrons. The number of aromatic nitrogens is 4. The highest BCUT2D eigenvalue weighted by atomic mass is 35.5. The molecule has 0 spiro atoms. The van der Waals surface area contributed by atoms with Gasteiger partial charge in [-0.3, -0.25) is 0 Å². The van der Waals surface area contributed by atoms with Gasteiger partial charge < -0.3 is 0 Å². The third-order valence-electron chi connectivity index (χ3n) is 1.08. The summed E-state index contributed by atoms with van der Waals surface area (Å²) in [4.78, 5) is 0. The van der Waals surface area contributed by atoms with Crippen LogP contribution in [-0.4, -0.2) is 19.8 Å². The average molecular weight is 157 g/mol. The summed E-state index contributed by atoms with van der Waals surface area (Å²) in [5.74, 6) is 0. The van der Waals surface area contributed by atoms with Crippen molar-refractivity contribution in [2.45, 2.75) is 0 Å². The fourth-order valence-electron chi connectivity index (χ4n) is 0.687. The molecule has 0 N–H and O–H groups in total. The van der Waals surface area contributed by atoms with Crippen molar-refractivity contribution in [2.75, 3.05) is 0 Å². The van der Waals surface area contributed by atoms with Crippen LogP contribution in [0.1, 0.15) is 0 Å². The van der Waals surface area contributed by atoms with Crippen LogP contribution in [0.3, 0.4) is 0 Å². The number of hydrogen-bond acceptors (Lipinski definition) is 3. The third-order valence-corrected chi connectivity index (χ3v) is 1.08. The van der Waals surface area contributed by atoms with Crippen LogP contribution in [0.5, 0.6) is 0 Å². The molecule has 0 saturated heterocycles. The second-order valence-electron chi connectivity index (χ2n) is 1.65. The third kappa shape index (κ3) is 0.930. The lowest BCUT2D eigenvalue weighted by molar-refractivity contribution is 0.889. The number of fused-ring (bicyclic) bond motifs is 1. The summed E-state index contributed by atoms with van der Waals surface area (Å²) in [5.41, 5.74) is 0.775. The highest BCUT2D eigenvalue weighted by molar-refractivity contribution is 5.85. The van der Waals surface area contributed by atoms with E-state index in [9.17, 15) is 0 Å². The van der Waals surface area contributed by atoms with Gasteiger partial charge in [-0.25, -0.2) is 4.52 Å². The molecule has 4 nitrogen and oxygen atoms in total. The van der Waals surface area contributed by atoms with Crippen LogP contribution in [0.25, 0.3) is 5.65 Å². The number of nitrogens with zero attached hydrogens (tertiary/aromatic N) is 4. The second-order valence-corrected chi connectivity index (χ2v) is 1.65. The Kier molecular flexibility index (Phi) is 1.82. The zero-order valence-corrected chi connectivity index (χ0v) is 5.82. The Labute approximate surface area is 63.3 Å². The standard InChI is InChI=1S/C5H4N4.ClH/c1-2-7-9-4-3-6-8-5(1)9;/h1-4H;1H. The van der Waals surface area contributed by atoms with Gasteiger partial charge in [-0.05, 0) is 0 Å². The van der Waals surface area contributed by atoms with Crippen LogP contribution in [0.2, 0.25) is 0 Å². The monoisotopic (exact) mass is 156 g/mol. The topological polar surface area (TPSA) is 43.1 Å². The Hall–Kier alpha value is -1.16. The summed E-state index contributed by atoms with van der Waals surface area (Å²) in [6.45, 7) is 0. The molecule has 0 fully saturated rings. The van der Waals surface area contributed by atoms with Gasteiger partial charge in [0.15, 0.2) is 5.65 Å². The molecule has 0 atom stereocenters. The highest BCUT2D eigenvalue weighted by Crippen LogP contribution is 1.90. The zero-order valence-electron chi connectivity index (χ0n) is 5.01. The zero-order chi connectivity index (χ0) is 6.10. The molecule has 0 aliphatic rings. The Morgan fingerprint density at radius 1 is 1.30 bits per heavy atom. The molecule has 0 bridgehead atoms. The Balaban J connectivity index is 0.000000500. The summed E-state index contributed by atoms with van der Waals surface area (Å²) in [7, 11) is 0. The quantitative estimate of drug-likeness (QED) is 0.560. The van der Waals surface area contributed by atoms with E-state index in [0.717, 1.165) is 5.65 Å². The smallest absolute Gasteiger partial charge is 0.177 e. The first-order valence-corrected chi connectivity index (χ1v) is 2.58. The lowest BCUT2D eigenvalue weighted by Crippen LogP contribution is -1.89. The minimum absolute atomic E-state index is 0. The van der Waals surface area contributed by atoms with Crippen LogP contribution in [0.15, 0.2) is 24.7 Å². The van der Waals surface area contributed by atoms with E-state index in [0.29, 0.717) is 0 Å². The number of halogens is 1. The minimum atomic E-state index is 0. The average Bonchev–Trinajstić information content (AvgIpc) is 2.33. The largest absolute Gasteiger partial charge is 0.219 e. The molecule has 2 rings (SSSR count). The van der Waals surface area contributed by atoms with Gasteiger partial charge in [0.1, 0.15) is 0 Å². The maximum atomic E-state index is 3.93. The van der Waals surface area contributed by atoms with Crippen molar-refractivity contribution < 1.29 is 0 Å². The molecule has 10 heavy (non-hydrogen) atoms. The van der Waals surface area contributed by atoms with Gasteiger partial charge in [-0.1, -0.05) is 0 Å². The molecule has 5 heteroatoms. The van der Waals surface area contributed by atoms with Gasteiger partial charge in [-0.2, -0.15) is 10.2 Å². The van der Waals surface area contributed by atoms with E-state index < -0.39 is 0 Å². The Morgan fingerprint density at radius 2 is 2.20 bits per heavy atom. The molecular formula is C5H5ClN4. The fourth-order valence-corrected chi connectivity index (χ4v) is 0.687.